The summed E-state index contributed by atoms with van der Waals surface area (Å²) >= 11 is 6.12. The van der Waals surface area contributed by atoms with Gasteiger partial charge in [0.05, 0.1) is 29.5 Å². The number of aliphatic hydroxyl groups is 1. The van der Waals surface area contributed by atoms with E-state index in [0.717, 1.165) is 27.9 Å². The number of hydrogen-bond acceptors (Lipinski definition) is 11. The van der Waals surface area contributed by atoms with Crippen LogP contribution in [0.15, 0.2) is 108 Å². The average Bonchev–Trinajstić information content (AvgIpc) is 3.98. The van der Waals surface area contributed by atoms with Crippen molar-refractivity contribution in [3.63, 3.8) is 0 Å². The lowest BCUT2D eigenvalue weighted by Crippen LogP contribution is -2.58. The zero-order valence-corrected chi connectivity index (χ0v) is 38.5. The lowest BCUT2D eigenvalue weighted by atomic mass is 9.85. The first-order valence-electron chi connectivity index (χ1n) is 21.7. The number of likely N-dealkylation sites (tertiary alicyclic amines) is 1. The van der Waals surface area contributed by atoms with Gasteiger partial charge in [-0.05, 0) is 91.3 Å². The molecule has 1 saturated heterocycles. The summed E-state index contributed by atoms with van der Waals surface area (Å²) < 4.78 is 16.9. The summed E-state index contributed by atoms with van der Waals surface area (Å²) in [5.74, 6) is -0.218. The number of carbonyl (C=O) groups is 4. The molecule has 0 spiro atoms. The molecule has 6 rings (SSSR count). The fourth-order valence-corrected chi connectivity index (χ4v) is 7.54. The Morgan fingerprint density at radius 3 is 2.20 bits per heavy atom. The van der Waals surface area contributed by atoms with Crippen LogP contribution in [-0.2, 0) is 30.5 Å². The second-order valence-corrected chi connectivity index (χ2v) is 18.2. The van der Waals surface area contributed by atoms with Crippen LogP contribution in [0.5, 0.6) is 5.75 Å². The summed E-state index contributed by atoms with van der Waals surface area (Å²) in [5, 5.41) is 31.7. The van der Waals surface area contributed by atoms with E-state index in [1.807, 2.05) is 99.6 Å². The Kier molecular flexibility index (Phi) is 16.2. The van der Waals surface area contributed by atoms with E-state index in [2.05, 4.69) is 26.3 Å². The smallest absolute Gasteiger partial charge is 0.249 e. The number of rotatable bonds is 19. The van der Waals surface area contributed by atoms with E-state index < -0.39 is 46.9 Å². The van der Waals surface area contributed by atoms with Crippen molar-refractivity contribution < 1.29 is 38.2 Å². The molecule has 1 aromatic heterocycles. The van der Waals surface area contributed by atoms with E-state index in [1.165, 1.54) is 11.3 Å². The summed E-state index contributed by atoms with van der Waals surface area (Å²) in [7, 11) is 0. The van der Waals surface area contributed by atoms with Crippen molar-refractivity contribution in [2.45, 2.75) is 84.2 Å². The van der Waals surface area contributed by atoms with Gasteiger partial charge in [-0.3, -0.25) is 19.2 Å². The SMILES string of the molecule is CC(C)(Nc1ccc(-c2ccc(OCCCCOCC(=O)N[C@H](C(=O)N3C[C@H](O)C[C@H]3C(=O)NCc3ccc(-c4cnco4)cc3)C(C)(C)C)cc2)cc1)C(=O)Nc1ccc(C#N)c(Cl)c1. The summed E-state index contributed by atoms with van der Waals surface area (Å²) in [6.07, 6.45) is 3.51. The zero-order valence-electron chi connectivity index (χ0n) is 37.7. The van der Waals surface area contributed by atoms with Gasteiger partial charge in [0.15, 0.2) is 12.2 Å². The van der Waals surface area contributed by atoms with E-state index in [4.69, 9.17) is 30.8 Å². The molecule has 0 unspecified atom stereocenters. The monoisotopic (exact) mass is 917 g/mol. The number of nitrogens with one attached hydrogen (secondary N) is 4. The van der Waals surface area contributed by atoms with Gasteiger partial charge in [-0.2, -0.15) is 5.26 Å². The molecule has 2 heterocycles. The van der Waals surface area contributed by atoms with Crippen LogP contribution in [-0.4, -0.2) is 88.7 Å². The van der Waals surface area contributed by atoms with Crippen molar-refractivity contribution in [3.8, 4) is 34.3 Å². The van der Waals surface area contributed by atoms with Crippen LogP contribution >= 0.6 is 11.6 Å². The van der Waals surface area contributed by atoms with Gasteiger partial charge in [0.2, 0.25) is 23.6 Å². The van der Waals surface area contributed by atoms with Gasteiger partial charge in [0.25, 0.3) is 0 Å². The first-order chi connectivity index (χ1) is 31.5. The average molecular weight is 918 g/mol. The number of β-amino-alcohol motifs (C(OH)–C–C–N with tert-alkyl or cyclic N) is 1. The number of nitrogens with zero attached hydrogens (tertiary/aromatic N) is 3. The highest BCUT2D eigenvalue weighted by Gasteiger charge is 2.44. The number of anilines is 2. The van der Waals surface area contributed by atoms with Gasteiger partial charge in [-0.25, -0.2) is 4.98 Å². The van der Waals surface area contributed by atoms with Crippen LogP contribution in [0.25, 0.3) is 22.5 Å². The number of benzene rings is 4. The van der Waals surface area contributed by atoms with Gasteiger partial charge in [-0.1, -0.05) is 80.9 Å². The van der Waals surface area contributed by atoms with Crippen molar-refractivity contribution >= 4 is 46.6 Å². The Morgan fingerprint density at radius 1 is 0.909 bits per heavy atom. The molecule has 1 fully saturated rings. The molecule has 16 heteroatoms. The normalized spacial score (nSPS) is 15.3. The molecule has 0 bridgehead atoms. The second-order valence-electron chi connectivity index (χ2n) is 17.8. The highest BCUT2D eigenvalue weighted by molar-refractivity contribution is 6.32. The molecule has 5 N–H and O–H groups in total. The number of unbranched alkanes of at least 4 members (excludes halogenated alkanes) is 1. The Balaban J connectivity index is 0.889. The molecular weight excluding hydrogens is 862 g/mol. The largest absolute Gasteiger partial charge is 0.494 e. The lowest BCUT2D eigenvalue weighted by Gasteiger charge is -2.35. The number of aliphatic hydroxyl groups excluding tert-OH is 1. The van der Waals surface area contributed by atoms with Crippen molar-refractivity contribution in [1.29, 1.82) is 5.26 Å². The number of hydrogen-bond donors (Lipinski definition) is 5. The third-order valence-corrected chi connectivity index (χ3v) is 11.4. The standard InChI is InChI=1S/C50H56ClN7O8/c1-49(2,3)45(47(62)58-29-39(59)25-42(58)46(61)54-27-32-8-10-35(11-9-32)43-28-53-31-66-43)56-44(60)30-64-22-6-7-23-65-40-20-15-34(16-21-40)33-12-17-37(18-13-33)57-50(4,5)48(63)55-38-19-14-36(26-52)41(51)24-38/h8-21,24,28,31,39,42,45,57,59H,6-7,22-23,25,27,29-30H2,1-5H3,(H,54,61)(H,55,63)(H,56,60)/t39-,42+,45-/m1/s1. The summed E-state index contributed by atoms with van der Waals surface area (Å²) in [4.78, 5) is 58.7. The van der Waals surface area contributed by atoms with Gasteiger partial charge < -0.3 is 45.2 Å². The molecule has 1 aliphatic heterocycles. The van der Waals surface area contributed by atoms with Crippen molar-refractivity contribution in [2.24, 2.45) is 5.41 Å². The molecule has 3 atom stereocenters. The molecule has 15 nitrogen and oxygen atoms in total. The van der Waals surface area contributed by atoms with Crippen LogP contribution in [0.3, 0.4) is 0 Å². The van der Waals surface area contributed by atoms with E-state index in [9.17, 15) is 24.3 Å². The molecular formula is C50H56ClN7O8. The van der Waals surface area contributed by atoms with E-state index >= 15 is 0 Å². The third kappa shape index (κ3) is 13.2. The van der Waals surface area contributed by atoms with E-state index in [0.29, 0.717) is 48.8 Å². The second kappa shape index (κ2) is 22.0. The minimum absolute atomic E-state index is 0.0238. The number of aromatic nitrogens is 1. The highest BCUT2D eigenvalue weighted by atomic mass is 35.5. The van der Waals surface area contributed by atoms with Gasteiger partial charge in [0.1, 0.15) is 36.0 Å². The molecule has 1 aliphatic rings. The van der Waals surface area contributed by atoms with Crippen molar-refractivity contribution in [1.82, 2.24) is 20.5 Å². The number of nitriles is 1. The highest BCUT2D eigenvalue weighted by Crippen LogP contribution is 2.29. The van der Waals surface area contributed by atoms with E-state index in [-0.39, 0.29) is 37.0 Å². The predicted octanol–water partition coefficient (Wildman–Crippen LogP) is 7.35. The number of amides is 4. The Hall–Kier alpha value is -6.73. The molecule has 5 aromatic rings. The molecule has 0 aliphatic carbocycles. The number of halogens is 1. The maximum absolute atomic E-state index is 13.9. The maximum atomic E-state index is 13.9. The Morgan fingerprint density at radius 2 is 1.56 bits per heavy atom. The fraction of sp³-hybridized carbons (Fsp3) is 0.360. The van der Waals surface area contributed by atoms with E-state index in [1.54, 1.807) is 38.2 Å². The topological polar surface area (TPSA) is 208 Å². The summed E-state index contributed by atoms with van der Waals surface area (Å²) in [6.45, 7) is 9.75. The lowest BCUT2D eigenvalue weighted by molar-refractivity contribution is -0.144. The quantitative estimate of drug-likeness (QED) is 0.0518. The predicted molar refractivity (Wildman–Crippen MR) is 251 cm³/mol. The number of oxazole rings is 1. The molecule has 66 heavy (non-hydrogen) atoms. The van der Waals surface area contributed by atoms with Crippen molar-refractivity contribution in [3.05, 3.63) is 120 Å². The molecule has 346 valence electrons. The first kappa shape index (κ1) is 48.7. The van der Waals surface area contributed by atoms with Crippen LogP contribution in [0.1, 0.15) is 65.0 Å². The van der Waals surface area contributed by atoms with Gasteiger partial charge in [-0.15, -0.1) is 0 Å². The minimum Gasteiger partial charge on any atom is -0.494 e. The minimum atomic E-state index is -0.963. The van der Waals surface area contributed by atoms with Crippen LogP contribution in [0.4, 0.5) is 11.4 Å². The molecule has 4 amide bonds. The first-order valence-corrected chi connectivity index (χ1v) is 22.1. The van der Waals surface area contributed by atoms with Crippen LogP contribution < -0.4 is 26.0 Å². The maximum Gasteiger partial charge on any atom is 0.249 e. The fourth-order valence-electron chi connectivity index (χ4n) is 7.31. The van der Waals surface area contributed by atoms with Crippen LogP contribution in [0.2, 0.25) is 5.02 Å². The zero-order chi connectivity index (χ0) is 47.4. The van der Waals surface area contributed by atoms with Crippen molar-refractivity contribution in [2.75, 3.05) is 37.0 Å². The Labute approximate surface area is 389 Å². The van der Waals surface area contributed by atoms with Crippen LogP contribution in [0, 0.1) is 16.7 Å². The molecule has 4 aromatic carbocycles. The number of carbonyl (C=O) groups excluding carboxylic acids is 4. The third-order valence-electron chi connectivity index (χ3n) is 11.0. The summed E-state index contributed by atoms with van der Waals surface area (Å²) in [5.41, 5.74) is 3.62. The molecule has 0 saturated carbocycles. The number of ether oxygens (including phenoxy) is 2. The molecule has 0 radical (unpaired) electrons. The van der Waals surface area contributed by atoms with Gasteiger partial charge in [0, 0.05) is 43.1 Å². The van der Waals surface area contributed by atoms with Gasteiger partial charge >= 0.3 is 0 Å². The summed E-state index contributed by atoms with van der Waals surface area (Å²) in [6, 6.07) is 27.8. The Bertz CT molecular complexity index is 2480.